The molecule has 0 bridgehead atoms. The highest BCUT2D eigenvalue weighted by molar-refractivity contribution is 6.30. The molecule has 1 aliphatic heterocycles. The molecule has 1 saturated heterocycles. The maximum Gasteiger partial charge on any atom is 0.221 e. The molecule has 1 amide bonds. The Balaban J connectivity index is 1.59. The molecule has 0 spiro atoms. The van der Waals surface area contributed by atoms with E-state index in [1.54, 1.807) is 0 Å². The molecule has 5 nitrogen and oxygen atoms in total. The maximum absolute atomic E-state index is 11.7. The molecule has 1 fully saturated rings. The zero-order chi connectivity index (χ0) is 22.3. The molecule has 1 atom stereocenters. The fraction of sp³-hybridized carbons (Fsp3) is 0.269. The van der Waals surface area contributed by atoms with Gasteiger partial charge in [-0.05, 0) is 35.4 Å². The predicted molar refractivity (Wildman–Crippen MR) is 131 cm³/mol. The standard InChI is InChI=1S/C26H27ClN4O/c1-19(18-31-15-13-25(32)28-14-16-31)26(21-7-10-23(27)11-8-21)30-24-12-9-22(17-29-24)20-5-3-2-4-6-20/h2-12,17,19H,13-16,18H2,1H3,(H,28,32). The van der Waals surface area contributed by atoms with Gasteiger partial charge in [-0.1, -0.05) is 61.0 Å². The quantitative estimate of drug-likeness (QED) is 0.543. The summed E-state index contributed by atoms with van der Waals surface area (Å²) in [5.74, 6) is 0.948. The Bertz CT molecular complexity index is 1070. The molecule has 1 aliphatic rings. The van der Waals surface area contributed by atoms with E-state index in [-0.39, 0.29) is 11.8 Å². The number of hydrogen-bond donors (Lipinski definition) is 1. The van der Waals surface area contributed by atoms with Gasteiger partial charge < -0.3 is 10.2 Å². The van der Waals surface area contributed by atoms with E-state index in [2.05, 4.69) is 40.3 Å². The first-order valence-electron chi connectivity index (χ1n) is 10.9. The molecule has 2 heterocycles. The average molecular weight is 447 g/mol. The van der Waals surface area contributed by atoms with Gasteiger partial charge in [0.1, 0.15) is 0 Å². The summed E-state index contributed by atoms with van der Waals surface area (Å²) >= 11 is 6.12. The third kappa shape index (κ3) is 5.81. The SMILES string of the molecule is CC(CN1CCNC(=O)CC1)C(=Nc1ccc(-c2ccccc2)cn1)c1ccc(Cl)cc1. The molecule has 3 aromatic rings. The summed E-state index contributed by atoms with van der Waals surface area (Å²) in [6, 6.07) is 22.0. The van der Waals surface area contributed by atoms with Gasteiger partial charge in [0.2, 0.25) is 5.91 Å². The molecule has 1 aromatic heterocycles. The minimum Gasteiger partial charge on any atom is -0.355 e. The Morgan fingerprint density at radius 1 is 1.06 bits per heavy atom. The van der Waals surface area contributed by atoms with E-state index in [0.717, 1.165) is 42.0 Å². The topological polar surface area (TPSA) is 57.6 Å². The number of nitrogens with zero attached hydrogens (tertiary/aromatic N) is 3. The van der Waals surface area contributed by atoms with Gasteiger partial charge in [0.05, 0.1) is 5.71 Å². The lowest BCUT2D eigenvalue weighted by Gasteiger charge is -2.24. The highest BCUT2D eigenvalue weighted by atomic mass is 35.5. The van der Waals surface area contributed by atoms with Crippen LogP contribution >= 0.6 is 11.6 Å². The van der Waals surface area contributed by atoms with Gasteiger partial charge in [0, 0.05) is 55.3 Å². The zero-order valence-electron chi connectivity index (χ0n) is 18.2. The van der Waals surface area contributed by atoms with Crippen molar-refractivity contribution in [3.63, 3.8) is 0 Å². The largest absolute Gasteiger partial charge is 0.355 e. The van der Waals surface area contributed by atoms with E-state index >= 15 is 0 Å². The summed E-state index contributed by atoms with van der Waals surface area (Å²) in [6.45, 7) is 5.27. The summed E-state index contributed by atoms with van der Waals surface area (Å²) in [4.78, 5) is 23.6. The number of halogens is 1. The number of benzene rings is 2. The van der Waals surface area contributed by atoms with E-state index in [9.17, 15) is 4.79 Å². The van der Waals surface area contributed by atoms with E-state index in [1.807, 2.05) is 54.7 Å². The van der Waals surface area contributed by atoms with Crippen molar-refractivity contribution in [3.8, 4) is 11.1 Å². The maximum atomic E-state index is 11.7. The lowest BCUT2D eigenvalue weighted by Crippen LogP contribution is -2.34. The van der Waals surface area contributed by atoms with Crippen LogP contribution in [0.5, 0.6) is 0 Å². The fourth-order valence-electron chi connectivity index (χ4n) is 3.93. The van der Waals surface area contributed by atoms with E-state index in [4.69, 9.17) is 16.6 Å². The fourth-order valence-corrected chi connectivity index (χ4v) is 4.05. The van der Waals surface area contributed by atoms with Crippen LogP contribution in [0.15, 0.2) is 77.9 Å². The van der Waals surface area contributed by atoms with Crippen LogP contribution in [0.2, 0.25) is 5.02 Å². The van der Waals surface area contributed by atoms with Gasteiger partial charge in [-0.3, -0.25) is 4.79 Å². The Kier molecular flexibility index (Phi) is 7.30. The Morgan fingerprint density at radius 3 is 2.56 bits per heavy atom. The highest BCUT2D eigenvalue weighted by Crippen LogP contribution is 2.23. The highest BCUT2D eigenvalue weighted by Gasteiger charge is 2.20. The van der Waals surface area contributed by atoms with Gasteiger partial charge in [0.15, 0.2) is 5.82 Å². The van der Waals surface area contributed by atoms with Gasteiger partial charge in [-0.25, -0.2) is 9.98 Å². The number of nitrogens with one attached hydrogen (secondary N) is 1. The number of aliphatic imine (C=N–C) groups is 1. The van der Waals surface area contributed by atoms with E-state index in [1.165, 1.54) is 0 Å². The van der Waals surface area contributed by atoms with Crippen molar-refractivity contribution < 1.29 is 4.79 Å². The van der Waals surface area contributed by atoms with Crippen LogP contribution in [0.4, 0.5) is 5.82 Å². The van der Waals surface area contributed by atoms with Crippen molar-refractivity contribution in [1.82, 2.24) is 15.2 Å². The number of aromatic nitrogens is 1. The molecule has 6 heteroatoms. The van der Waals surface area contributed by atoms with Gasteiger partial charge >= 0.3 is 0 Å². The minimum atomic E-state index is 0.120. The van der Waals surface area contributed by atoms with Crippen LogP contribution in [0.1, 0.15) is 18.9 Å². The van der Waals surface area contributed by atoms with Crippen LogP contribution in [-0.2, 0) is 4.79 Å². The summed E-state index contributed by atoms with van der Waals surface area (Å²) in [5, 5.41) is 3.64. The van der Waals surface area contributed by atoms with Gasteiger partial charge in [-0.2, -0.15) is 0 Å². The number of hydrogen-bond acceptors (Lipinski definition) is 4. The molecule has 0 radical (unpaired) electrons. The van der Waals surface area contributed by atoms with Crippen LogP contribution in [-0.4, -0.2) is 47.7 Å². The lowest BCUT2D eigenvalue weighted by molar-refractivity contribution is -0.120. The molecular formula is C26H27ClN4O. The Morgan fingerprint density at radius 2 is 1.84 bits per heavy atom. The normalized spacial score (nSPS) is 16.3. The van der Waals surface area contributed by atoms with Crippen LogP contribution < -0.4 is 5.32 Å². The zero-order valence-corrected chi connectivity index (χ0v) is 18.9. The van der Waals surface area contributed by atoms with Crippen molar-refractivity contribution in [2.24, 2.45) is 10.9 Å². The second kappa shape index (κ2) is 10.5. The minimum absolute atomic E-state index is 0.120. The predicted octanol–water partition coefficient (Wildman–Crippen LogP) is 4.98. The van der Waals surface area contributed by atoms with E-state index < -0.39 is 0 Å². The van der Waals surface area contributed by atoms with Crippen molar-refractivity contribution in [2.75, 3.05) is 26.2 Å². The summed E-state index contributed by atoms with van der Waals surface area (Å²) < 4.78 is 0. The third-order valence-corrected chi connectivity index (χ3v) is 5.89. The van der Waals surface area contributed by atoms with Crippen molar-refractivity contribution in [3.05, 3.63) is 83.5 Å². The van der Waals surface area contributed by atoms with Crippen molar-refractivity contribution in [1.29, 1.82) is 0 Å². The molecule has 164 valence electrons. The Hall–Kier alpha value is -3.02. The second-order valence-corrected chi connectivity index (χ2v) is 8.51. The molecule has 1 N–H and O–H groups in total. The van der Waals surface area contributed by atoms with Crippen molar-refractivity contribution >= 4 is 29.0 Å². The molecule has 4 rings (SSSR count). The van der Waals surface area contributed by atoms with Gasteiger partial charge in [0.25, 0.3) is 0 Å². The monoisotopic (exact) mass is 446 g/mol. The second-order valence-electron chi connectivity index (χ2n) is 8.08. The third-order valence-electron chi connectivity index (χ3n) is 5.63. The summed E-state index contributed by atoms with van der Waals surface area (Å²) in [6.07, 6.45) is 2.40. The molecule has 0 saturated carbocycles. The van der Waals surface area contributed by atoms with Crippen molar-refractivity contribution in [2.45, 2.75) is 13.3 Å². The number of carbonyl (C=O) groups excluding carboxylic acids is 1. The Labute approximate surface area is 194 Å². The first-order chi connectivity index (χ1) is 15.6. The molecule has 2 aromatic carbocycles. The van der Waals surface area contributed by atoms with E-state index in [0.29, 0.717) is 23.8 Å². The van der Waals surface area contributed by atoms with Crippen LogP contribution in [0, 0.1) is 5.92 Å². The number of rotatable bonds is 6. The number of pyridine rings is 1. The molecular weight excluding hydrogens is 420 g/mol. The first-order valence-corrected chi connectivity index (χ1v) is 11.3. The smallest absolute Gasteiger partial charge is 0.221 e. The molecule has 0 aliphatic carbocycles. The number of amides is 1. The first kappa shape index (κ1) is 22.2. The lowest BCUT2D eigenvalue weighted by atomic mass is 9.97. The van der Waals surface area contributed by atoms with Crippen LogP contribution in [0.3, 0.4) is 0 Å². The van der Waals surface area contributed by atoms with Gasteiger partial charge in [-0.15, -0.1) is 0 Å². The summed E-state index contributed by atoms with van der Waals surface area (Å²) in [7, 11) is 0. The molecule has 1 unspecified atom stereocenters. The average Bonchev–Trinajstić information content (AvgIpc) is 3.03. The summed E-state index contributed by atoms with van der Waals surface area (Å²) in [5.41, 5.74) is 4.18. The number of carbonyl (C=O) groups is 1. The molecule has 32 heavy (non-hydrogen) atoms. The van der Waals surface area contributed by atoms with Crippen LogP contribution in [0.25, 0.3) is 11.1 Å².